The lowest BCUT2D eigenvalue weighted by Gasteiger charge is -2.28. The number of sulfone groups is 1. The Morgan fingerprint density at radius 1 is 1.32 bits per heavy atom. The van der Waals surface area contributed by atoms with Crippen molar-refractivity contribution in [2.45, 2.75) is 76.6 Å². The van der Waals surface area contributed by atoms with Crippen molar-refractivity contribution in [2.75, 3.05) is 24.3 Å². The van der Waals surface area contributed by atoms with Crippen LogP contribution in [0.3, 0.4) is 0 Å². The smallest absolute Gasteiger partial charge is 0.247 e. The number of nitrogens with one attached hydrogen (secondary N) is 1. The third kappa shape index (κ3) is 4.93. The van der Waals surface area contributed by atoms with Crippen LogP contribution < -0.4 is 5.32 Å². The number of ether oxygens (including phenoxy) is 1. The first-order valence-electron chi connectivity index (χ1n) is 9.71. The average molecular weight is 433 g/mol. The number of hydrogen-bond acceptors (Lipinski definition) is 7. The number of amides is 1. The van der Waals surface area contributed by atoms with Gasteiger partial charge in [0.15, 0.2) is 15.0 Å². The van der Waals surface area contributed by atoms with E-state index in [1.54, 1.807) is 0 Å². The fourth-order valence-corrected chi connectivity index (χ4v) is 5.67. The van der Waals surface area contributed by atoms with Gasteiger partial charge in [0.2, 0.25) is 5.91 Å². The number of aliphatic hydroxyl groups is 1. The summed E-state index contributed by atoms with van der Waals surface area (Å²) in [5.74, 6) is -0.762. The summed E-state index contributed by atoms with van der Waals surface area (Å²) in [4.78, 5) is 18.2. The van der Waals surface area contributed by atoms with E-state index in [9.17, 15) is 18.3 Å². The Balaban J connectivity index is 2.18. The van der Waals surface area contributed by atoms with E-state index in [1.807, 2.05) is 20.8 Å². The number of aryl methyl sites for hydroxylation is 1. The molecule has 1 aromatic rings. The van der Waals surface area contributed by atoms with E-state index in [1.165, 1.54) is 25.2 Å². The van der Waals surface area contributed by atoms with Crippen LogP contribution in [-0.2, 0) is 31.2 Å². The van der Waals surface area contributed by atoms with Crippen LogP contribution >= 0.6 is 11.3 Å². The van der Waals surface area contributed by atoms with Crippen LogP contribution in [0.1, 0.15) is 64.5 Å². The fraction of sp³-hybridized carbons (Fsp3) is 0.789. The standard InChI is InChI=1S/C19H32N2O5S2/c1-6-14-15(18(2,3)12-22)27-17(20-14)21-16(23)19(4,5)28(24,25)11-13-9-7-8-10-26-13/h13,22H,6-12H2,1-5H3,(H,20,21,23). The molecule has 160 valence electrons. The Kier molecular flexibility index (Phi) is 7.28. The number of nitrogens with zero attached hydrogens (tertiary/aromatic N) is 1. The van der Waals surface area contributed by atoms with Crippen LogP contribution in [-0.4, -0.2) is 54.2 Å². The third-order valence-electron chi connectivity index (χ3n) is 5.27. The van der Waals surface area contributed by atoms with Gasteiger partial charge >= 0.3 is 0 Å². The number of hydrogen-bond donors (Lipinski definition) is 2. The van der Waals surface area contributed by atoms with Crippen molar-refractivity contribution in [3.8, 4) is 0 Å². The molecule has 0 saturated carbocycles. The van der Waals surface area contributed by atoms with Gasteiger partial charge in [0.1, 0.15) is 4.75 Å². The van der Waals surface area contributed by atoms with Crippen molar-refractivity contribution in [3.63, 3.8) is 0 Å². The minimum absolute atomic E-state index is 0.0448. The lowest BCUT2D eigenvalue weighted by atomic mass is 9.91. The zero-order valence-electron chi connectivity index (χ0n) is 17.4. The molecule has 1 aromatic heterocycles. The average Bonchev–Trinajstić information content (AvgIpc) is 3.05. The lowest BCUT2D eigenvalue weighted by Crippen LogP contribution is -2.48. The van der Waals surface area contributed by atoms with E-state index in [-0.39, 0.29) is 18.5 Å². The quantitative estimate of drug-likeness (QED) is 0.654. The first-order valence-corrected chi connectivity index (χ1v) is 12.2. The maximum atomic E-state index is 12.9. The number of anilines is 1. The van der Waals surface area contributed by atoms with Crippen LogP contribution in [0.25, 0.3) is 0 Å². The molecule has 0 radical (unpaired) electrons. The molecule has 1 unspecified atom stereocenters. The van der Waals surface area contributed by atoms with E-state index >= 15 is 0 Å². The summed E-state index contributed by atoms with van der Waals surface area (Å²) in [6.07, 6.45) is 2.88. The van der Waals surface area contributed by atoms with Crippen molar-refractivity contribution >= 4 is 32.2 Å². The first kappa shape index (κ1) is 23.3. The van der Waals surface area contributed by atoms with Gasteiger partial charge in [-0.3, -0.25) is 4.79 Å². The summed E-state index contributed by atoms with van der Waals surface area (Å²) in [6, 6.07) is 0. The molecular formula is C19H32N2O5S2. The minimum atomic E-state index is -3.72. The molecule has 2 heterocycles. The van der Waals surface area contributed by atoms with Crippen LogP contribution in [0.5, 0.6) is 0 Å². The molecule has 1 aliphatic heterocycles. The molecule has 1 saturated heterocycles. The largest absolute Gasteiger partial charge is 0.395 e. The summed E-state index contributed by atoms with van der Waals surface area (Å²) in [7, 11) is -3.72. The number of aliphatic hydroxyl groups excluding tert-OH is 1. The second kappa shape index (κ2) is 8.77. The molecule has 9 heteroatoms. The van der Waals surface area contributed by atoms with Gasteiger partial charge in [0.05, 0.1) is 24.2 Å². The number of thiazole rings is 1. The van der Waals surface area contributed by atoms with Crippen molar-refractivity contribution in [1.29, 1.82) is 0 Å². The summed E-state index contributed by atoms with van der Waals surface area (Å²) < 4.78 is 29.7. The van der Waals surface area contributed by atoms with Crippen molar-refractivity contribution < 1.29 is 23.1 Å². The van der Waals surface area contributed by atoms with Gasteiger partial charge in [0.25, 0.3) is 0 Å². The van der Waals surface area contributed by atoms with Gasteiger partial charge in [-0.05, 0) is 39.5 Å². The molecular weight excluding hydrogens is 400 g/mol. The molecule has 1 atom stereocenters. The molecule has 0 bridgehead atoms. The molecule has 28 heavy (non-hydrogen) atoms. The molecule has 7 nitrogen and oxygen atoms in total. The van der Waals surface area contributed by atoms with E-state index in [4.69, 9.17) is 4.74 Å². The second-order valence-electron chi connectivity index (χ2n) is 8.42. The Labute approximate surface area is 171 Å². The number of carbonyl (C=O) groups excluding carboxylic acids is 1. The fourth-order valence-electron chi connectivity index (χ4n) is 3.03. The highest BCUT2D eigenvalue weighted by molar-refractivity contribution is 7.93. The van der Waals surface area contributed by atoms with E-state index in [0.717, 1.165) is 23.4 Å². The van der Waals surface area contributed by atoms with Crippen LogP contribution in [0.4, 0.5) is 5.13 Å². The normalized spacial score (nSPS) is 18.9. The predicted octanol–water partition coefficient (Wildman–Crippen LogP) is 2.68. The van der Waals surface area contributed by atoms with Crippen molar-refractivity contribution in [1.82, 2.24) is 4.98 Å². The molecule has 0 aliphatic carbocycles. The molecule has 1 amide bonds. The van der Waals surface area contributed by atoms with E-state index < -0.39 is 25.9 Å². The molecule has 0 spiro atoms. The number of aromatic nitrogens is 1. The lowest BCUT2D eigenvalue weighted by molar-refractivity contribution is -0.117. The predicted molar refractivity (Wildman–Crippen MR) is 112 cm³/mol. The van der Waals surface area contributed by atoms with Crippen molar-refractivity contribution in [3.05, 3.63) is 10.6 Å². The Bertz CT molecular complexity index is 793. The summed E-state index contributed by atoms with van der Waals surface area (Å²) in [5, 5.41) is 12.7. The minimum Gasteiger partial charge on any atom is -0.395 e. The zero-order valence-corrected chi connectivity index (χ0v) is 19.0. The number of rotatable bonds is 8. The first-order chi connectivity index (χ1) is 12.9. The van der Waals surface area contributed by atoms with Gasteiger partial charge in [-0.2, -0.15) is 0 Å². The highest BCUT2D eigenvalue weighted by atomic mass is 32.2. The van der Waals surface area contributed by atoms with E-state index in [0.29, 0.717) is 24.6 Å². The zero-order chi connectivity index (χ0) is 21.2. The molecule has 2 rings (SSSR count). The Morgan fingerprint density at radius 2 is 2.00 bits per heavy atom. The maximum absolute atomic E-state index is 12.9. The monoisotopic (exact) mass is 432 g/mol. The topological polar surface area (TPSA) is 106 Å². The maximum Gasteiger partial charge on any atom is 0.247 e. The van der Waals surface area contributed by atoms with Crippen LogP contribution in [0, 0.1) is 0 Å². The molecule has 0 aromatic carbocycles. The highest BCUT2D eigenvalue weighted by Crippen LogP contribution is 2.35. The Morgan fingerprint density at radius 3 is 2.54 bits per heavy atom. The summed E-state index contributed by atoms with van der Waals surface area (Å²) >= 11 is 1.28. The van der Waals surface area contributed by atoms with Gasteiger partial charge < -0.3 is 15.2 Å². The van der Waals surface area contributed by atoms with Gasteiger partial charge in [0, 0.05) is 16.9 Å². The SMILES string of the molecule is CCc1nc(NC(=O)C(C)(C)S(=O)(=O)CC2CCCCO2)sc1C(C)(C)CO. The molecule has 2 N–H and O–H groups in total. The van der Waals surface area contributed by atoms with Gasteiger partial charge in [-0.15, -0.1) is 11.3 Å². The van der Waals surface area contributed by atoms with Gasteiger partial charge in [-0.25, -0.2) is 13.4 Å². The van der Waals surface area contributed by atoms with Crippen LogP contribution in [0.2, 0.25) is 0 Å². The Hall–Kier alpha value is -1.03. The molecule has 1 fully saturated rings. The summed E-state index contributed by atoms with van der Waals surface area (Å²) in [6.45, 7) is 9.14. The van der Waals surface area contributed by atoms with Gasteiger partial charge in [-0.1, -0.05) is 20.8 Å². The van der Waals surface area contributed by atoms with E-state index in [2.05, 4.69) is 10.3 Å². The third-order valence-corrected chi connectivity index (χ3v) is 9.20. The van der Waals surface area contributed by atoms with Crippen molar-refractivity contribution in [2.24, 2.45) is 0 Å². The second-order valence-corrected chi connectivity index (χ2v) is 12.0. The number of carbonyl (C=O) groups is 1. The highest BCUT2D eigenvalue weighted by Gasteiger charge is 2.43. The molecule has 1 aliphatic rings. The summed E-state index contributed by atoms with van der Waals surface area (Å²) in [5.41, 5.74) is 0.321. The van der Waals surface area contributed by atoms with Crippen LogP contribution in [0.15, 0.2) is 0 Å².